The van der Waals surface area contributed by atoms with Crippen molar-refractivity contribution in [1.82, 2.24) is 9.97 Å². The summed E-state index contributed by atoms with van der Waals surface area (Å²) >= 11 is 0. The van der Waals surface area contributed by atoms with Crippen LogP contribution in [0.3, 0.4) is 0 Å². The number of carbonyl (C=O) groups is 1. The van der Waals surface area contributed by atoms with Gasteiger partial charge >= 0.3 is 5.97 Å². The molecule has 0 amide bonds. The zero-order chi connectivity index (χ0) is 16.1. The minimum absolute atomic E-state index is 0.238. The van der Waals surface area contributed by atoms with E-state index in [1.165, 1.54) is 0 Å². The number of anilines is 2. The summed E-state index contributed by atoms with van der Waals surface area (Å²) in [7, 11) is 0. The molecule has 6 heteroatoms. The maximum absolute atomic E-state index is 12.2. The van der Waals surface area contributed by atoms with Crippen LogP contribution in [0, 0.1) is 5.92 Å². The van der Waals surface area contributed by atoms with Crippen LogP contribution in [0.25, 0.3) is 0 Å². The van der Waals surface area contributed by atoms with Gasteiger partial charge in [0, 0.05) is 5.56 Å². The number of aromatic nitrogens is 2. The molecular weight excluding hydrogens is 280 g/mol. The highest BCUT2D eigenvalue weighted by Gasteiger charge is 2.25. The van der Waals surface area contributed by atoms with Crippen LogP contribution in [0.5, 0.6) is 0 Å². The maximum Gasteiger partial charge on any atom is 0.328 e. The monoisotopic (exact) mass is 306 g/mol. The normalized spacial score (nSPS) is 15.3. The van der Waals surface area contributed by atoms with E-state index in [1.807, 2.05) is 6.92 Å². The summed E-state index contributed by atoms with van der Waals surface area (Å²) in [5.74, 6) is 1.09. The van der Waals surface area contributed by atoms with Gasteiger partial charge in [-0.25, -0.2) is 9.78 Å². The number of nitrogens with zero attached hydrogens (tertiary/aromatic N) is 2. The van der Waals surface area contributed by atoms with Gasteiger partial charge in [0.05, 0.1) is 12.3 Å². The number of nitrogens with two attached hydrogens (primary N) is 1. The van der Waals surface area contributed by atoms with Gasteiger partial charge in [-0.05, 0) is 44.9 Å². The van der Waals surface area contributed by atoms with E-state index in [4.69, 9.17) is 10.5 Å². The summed E-state index contributed by atoms with van der Waals surface area (Å²) in [6, 6.07) is -0.403. The van der Waals surface area contributed by atoms with Gasteiger partial charge in [-0.2, -0.15) is 4.98 Å². The predicted octanol–water partition coefficient (Wildman–Crippen LogP) is 2.33. The van der Waals surface area contributed by atoms with E-state index >= 15 is 0 Å². The van der Waals surface area contributed by atoms with Gasteiger partial charge in [0.1, 0.15) is 11.9 Å². The van der Waals surface area contributed by atoms with Crippen molar-refractivity contribution in [3.8, 4) is 0 Å². The van der Waals surface area contributed by atoms with Crippen LogP contribution in [0.15, 0.2) is 0 Å². The number of esters is 1. The number of nitrogens with one attached hydrogen (secondary N) is 1. The number of aryl methyl sites for hydroxylation is 1. The molecule has 0 aromatic carbocycles. The minimum atomic E-state index is -0.403. The van der Waals surface area contributed by atoms with Crippen molar-refractivity contribution in [3.63, 3.8) is 0 Å². The lowest BCUT2D eigenvalue weighted by Crippen LogP contribution is -2.34. The lowest BCUT2D eigenvalue weighted by Gasteiger charge is -2.23. The third-order valence-corrected chi connectivity index (χ3v) is 3.79. The highest BCUT2D eigenvalue weighted by Crippen LogP contribution is 2.27. The Balaban J connectivity index is 2.25. The van der Waals surface area contributed by atoms with E-state index in [0.717, 1.165) is 36.9 Å². The molecule has 0 fully saturated rings. The summed E-state index contributed by atoms with van der Waals surface area (Å²) in [6.45, 7) is 6.35. The molecule has 1 aliphatic carbocycles. The first-order valence-corrected chi connectivity index (χ1v) is 8.09. The van der Waals surface area contributed by atoms with Crippen LogP contribution in [0.4, 0.5) is 11.8 Å². The smallest absolute Gasteiger partial charge is 0.328 e. The van der Waals surface area contributed by atoms with E-state index in [0.29, 0.717) is 24.8 Å². The molecule has 1 aromatic rings. The molecule has 2 rings (SSSR count). The largest absolute Gasteiger partial charge is 0.464 e. The van der Waals surface area contributed by atoms with E-state index in [1.54, 1.807) is 0 Å². The molecule has 3 N–H and O–H groups in total. The van der Waals surface area contributed by atoms with E-state index < -0.39 is 6.04 Å². The van der Waals surface area contributed by atoms with Crippen molar-refractivity contribution < 1.29 is 9.53 Å². The van der Waals surface area contributed by atoms with Gasteiger partial charge in [-0.1, -0.05) is 13.8 Å². The Bertz CT molecular complexity index is 531. The van der Waals surface area contributed by atoms with Crippen LogP contribution in [0.1, 0.15) is 51.3 Å². The third-order valence-electron chi connectivity index (χ3n) is 3.79. The fraction of sp³-hybridized carbons (Fsp3) is 0.688. The van der Waals surface area contributed by atoms with Crippen molar-refractivity contribution in [2.24, 2.45) is 5.92 Å². The predicted molar refractivity (Wildman–Crippen MR) is 86.6 cm³/mol. The van der Waals surface area contributed by atoms with Crippen LogP contribution in [-0.4, -0.2) is 28.6 Å². The molecule has 0 radical (unpaired) electrons. The van der Waals surface area contributed by atoms with Gasteiger partial charge in [-0.3, -0.25) is 0 Å². The van der Waals surface area contributed by atoms with E-state index in [9.17, 15) is 4.79 Å². The van der Waals surface area contributed by atoms with E-state index in [2.05, 4.69) is 29.1 Å². The zero-order valence-corrected chi connectivity index (χ0v) is 13.7. The van der Waals surface area contributed by atoms with Crippen molar-refractivity contribution in [2.75, 3.05) is 17.7 Å². The first-order valence-electron chi connectivity index (χ1n) is 8.09. The fourth-order valence-corrected chi connectivity index (χ4v) is 2.83. The molecular formula is C16H26N4O2. The number of ether oxygens (including phenoxy) is 1. The Hall–Kier alpha value is -1.85. The summed E-state index contributed by atoms with van der Waals surface area (Å²) in [5, 5.41) is 3.26. The Morgan fingerprint density at radius 2 is 2.05 bits per heavy atom. The highest BCUT2D eigenvalue weighted by atomic mass is 16.5. The number of nitrogen functional groups attached to an aromatic ring is 1. The standard InChI is InChI=1S/C16H26N4O2/c1-4-22-15(21)13(9-10(2)3)18-14-11-7-5-6-8-12(11)19-16(17)20-14/h10,13H,4-9H2,1-3H3,(H3,17,18,19,20). The van der Waals surface area contributed by atoms with E-state index in [-0.39, 0.29) is 11.9 Å². The minimum Gasteiger partial charge on any atom is -0.464 e. The third kappa shape index (κ3) is 4.08. The molecule has 0 spiro atoms. The molecule has 1 aromatic heterocycles. The van der Waals surface area contributed by atoms with Crippen LogP contribution >= 0.6 is 0 Å². The average Bonchev–Trinajstić information content (AvgIpc) is 2.46. The Morgan fingerprint density at radius 3 is 2.73 bits per heavy atom. The Kier molecular flexibility index (Phi) is 5.57. The summed E-state index contributed by atoms with van der Waals surface area (Å²) in [4.78, 5) is 20.8. The molecule has 0 saturated heterocycles. The first kappa shape index (κ1) is 16.5. The summed E-state index contributed by atoms with van der Waals surface area (Å²) in [6.07, 6.45) is 4.77. The van der Waals surface area contributed by atoms with Crippen LogP contribution in [-0.2, 0) is 22.4 Å². The topological polar surface area (TPSA) is 90.1 Å². The quantitative estimate of drug-likeness (QED) is 0.784. The Labute approximate surface area is 131 Å². The number of fused-ring (bicyclic) bond motifs is 1. The molecule has 1 atom stereocenters. The molecule has 1 aliphatic rings. The number of hydrogen-bond donors (Lipinski definition) is 2. The molecule has 0 saturated carbocycles. The molecule has 0 aliphatic heterocycles. The second-order valence-corrected chi connectivity index (χ2v) is 6.14. The first-order chi connectivity index (χ1) is 10.5. The van der Waals surface area contributed by atoms with Crippen molar-refractivity contribution in [2.45, 2.75) is 58.9 Å². The van der Waals surface area contributed by atoms with Crippen molar-refractivity contribution in [3.05, 3.63) is 11.3 Å². The van der Waals surface area contributed by atoms with Gasteiger partial charge in [0.15, 0.2) is 0 Å². The number of rotatable bonds is 6. The number of carbonyl (C=O) groups excluding carboxylic acids is 1. The van der Waals surface area contributed by atoms with Gasteiger partial charge in [-0.15, -0.1) is 0 Å². The molecule has 0 bridgehead atoms. The molecule has 22 heavy (non-hydrogen) atoms. The molecule has 1 heterocycles. The van der Waals surface area contributed by atoms with Crippen molar-refractivity contribution in [1.29, 1.82) is 0 Å². The zero-order valence-electron chi connectivity index (χ0n) is 13.7. The SMILES string of the molecule is CCOC(=O)C(CC(C)C)Nc1nc(N)nc2c1CCCC2. The second kappa shape index (κ2) is 7.42. The number of hydrogen-bond acceptors (Lipinski definition) is 6. The lowest BCUT2D eigenvalue weighted by atomic mass is 9.96. The Morgan fingerprint density at radius 1 is 1.32 bits per heavy atom. The van der Waals surface area contributed by atoms with Crippen molar-refractivity contribution >= 4 is 17.7 Å². The van der Waals surface area contributed by atoms with Crippen LogP contribution < -0.4 is 11.1 Å². The maximum atomic E-state index is 12.2. The van der Waals surface area contributed by atoms with Crippen LogP contribution in [0.2, 0.25) is 0 Å². The average molecular weight is 306 g/mol. The molecule has 1 unspecified atom stereocenters. The summed E-state index contributed by atoms with van der Waals surface area (Å²) < 4.78 is 5.18. The molecule has 122 valence electrons. The van der Waals surface area contributed by atoms with Gasteiger partial charge < -0.3 is 15.8 Å². The molecule has 6 nitrogen and oxygen atoms in total. The fourth-order valence-electron chi connectivity index (χ4n) is 2.83. The van der Waals surface area contributed by atoms with Gasteiger partial charge in [0.25, 0.3) is 0 Å². The highest BCUT2D eigenvalue weighted by molar-refractivity contribution is 5.79. The second-order valence-electron chi connectivity index (χ2n) is 6.14. The lowest BCUT2D eigenvalue weighted by molar-refractivity contribution is -0.144. The van der Waals surface area contributed by atoms with Gasteiger partial charge in [0.2, 0.25) is 5.95 Å². The summed E-state index contributed by atoms with van der Waals surface area (Å²) in [5.41, 5.74) is 7.92.